The van der Waals surface area contributed by atoms with Crippen LogP contribution in [0.2, 0.25) is 0 Å². The van der Waals surface area contributed by atoms with Crippen LogP contribution in [0.1, 0.15) is 17.5 Å². The standard InChI is InChI=1S/C12H13BrF3NO2/c1-17(3-2-11(18)19)7-8-4-9(12(14,15)16)6-10(13)5-8/h4-6H,2-3,7H2,1H3,(H,18,19). The van der Waals surface area contributed by atoms with Crippen molar-refractivity contribution in [3.05, 3.63) is 33.8 Å². The Labute approximate surface area is 117 Å². The molecule has 1 aromatic carbocycles. The number of nitrogens with zero attached hydrogens (tertiary/aromatic N) is 1. The molecule has 0 radical (unpaired) electrons. The third-order valence-electron chi connectivity index (χ3n) is 2.44. The van der Waals surface area contributed by atoms with Gasteiger partial charge >= 0.3 is 12.1 Å². The van der Waals surface area contributed by atoms with Gasteiger partial charge in [-0.25, -0.2) is 0 Å². The normalized spacial score (nSPS) is 11.9. The predicted molar refractivity (Wildman–Crippen MR) is 67.7 cm³/mol. The molecule has 0 aromatic heterocycles. The Balaban J connectivity index is 2.78. The summed E-state index contributed by atoms with van der Waals surface area (Å²) in [4.78, 5) is 12.1. The van der Waals surface area contributed by atoms with Crippen LogP contribution in [0.5, 0.6) is 0 Å². The summed E-state index contributed by atoms with van der Waals surface area (Å²) in [6.07, 6.45) is -4.44. The molecule has 1 N–H and O–H groups in total. The Kier molecular flexibility index (Phi) is 5.37. The summed E-state index contributed by atoms with van der Waals surface area (Å²) in [5.41, 5.74) is -0.238. The molecule has 106 valence electrons. The van der Waals surface area contributed by atoms with Crippen molar-refractivity contribution >= 4 is 21.9 Å². The molecule has 3 nitrogen and oxygen atoms in total. The summed E-state index contributed by atoms with van der Waals surface area (Å²) in [5.74, 6) is -0.933. The molecular weight excluding hydrogens is 327 g/mol. The molecule has 0 bridgehead atoms. The van der Waals surface area contributed by atoms with Crippen LogP contribution in [0.15, 0.2) is 22.7 Å². The van der Waals surface area contributed by atoms with Crippen molar-refractivity contribution in [2.45, 2.75) is 19.1 Å². The van der Waals surface area contributed by atoms with E-state index < -0.39 is 17.7 Å². The van der Waals surface area contributed by atoms with E-state index in [1.165, 1.54) is 0 Å². The van der Waals surface area contributed by atoms with Crippen LogP contribution in [-0.4, -0.2) is 29.6 Å². The van der Waals surface area contributed by atoms with Gasteiger partial charge in [0, 0.05) is 17.6 Å². The number of carboxylic acid groups (broad SMARTS) is 1. The number of benzene rings is 1. The van der Waals surface area contributed by atoms with Gasteiger partial charge in [0.25, 0.3) is 0 Å². The number of alkyl halides is 3. The molecule has 0 fully saturated rings. The van der Waals surface area contributed by atoms with Gasteiger partial charge in [-0.3, -0.25) is 4.79 Å². The number of hydrogen-bond acceptors (Lipinski definition) is 2. The van der Waals surface area contributed by atoms with Crippen molar-refractivity contribution in [3.63, 3.8) is 0 Å². The van der Waals surface area contributed by atoms with Crippen LogP contribution in [0, 0.1) is 0 Å². The second kappa shape index (κ2) is 6.38. The minimum Gasteiger partial charge on any atom is -0.481 e. The lowest BCUT2D eigenvalue weighted by molar-refractivity contribution is -0.138. The Hall–Kier alpha value is -1.08. The van der Waals surface area contributed by atoms with Crippen LogP contribution in [0.25, 0.3) is 0 Å². The maximum absolute atomic E-state index is 12.6. The van der Waals surface area contributed by atoms with E-state index in [-0.39, 0.29) is 19.5 Å². The third kappa shape index (κ3) is 5.61. The summed E-state index contributed by atoms with van der Waals surface area (Å²) >= 11 is 3.04. The smallest absolute Gasteiger partial charge is 0.416 e. The van der Waals surface area contributed by atoms with Gasteiger partial charge in [0.1, 0.15) is 0 Å². The Morgan fingerprint density at radius 2 is 2.00 bits per heavy atom. The van der Waals surface area contributed by atoms with E-state index in [1.54, 1.807) is 18.0 Å². The summed E-state index contributed by atoms with van der Waals surface area (Å²) < 4.78 is 38.2. The lowest BCUT2D eigenvalue weighted by Gasteiger charge is -2.17. The van der Waals surface area contributed by atoms with Crippen LogP contribution in [0.3, 0.4) is 0 Å². The van der Waals surface area contributed by atoms with Crippen LogP contribution in [-0.2, 0) is 17.5 Å². The van der Waals surface area contributed by atoms with E-state index in [2.05, 4.69) is 15.9 Å². The second-order valence-electron chi connectivity index (χ2n) is 4.23. The quantitative estimate of drug-likeness (QED) is 0.894. The monoisotopic (exact) mass is 339 g/mol. The van der Waals surface area contributed by atoms with Crippen LogP contribution >= 0.6 is 15.9 Å². The third-order valence-corrected chi connectivity index (χ3v) is 2.90. The average molecular weight is 340 g/mol. The first kappa shape index (κ1) is 16.0. The Bertz CT molecular complexity index is 463. The van der Waals surface area contributed by atoms with Gasteiger partial charge in [-0.05, 0) is 30.8 Å². The first-order valence-electron chi connectivity index (χ1n) is 5.45. The van der Waals surface area contributed by atoms with E-state index in [4.69, 9.17) is 5.11 Å². The topological polar surface area (TPSA) is 40.5 Å². The molecule has 7 heteroatoms. The molecule has 0 amide bonds. The summed E-state index contributed by atoms with van der Waals surface area (Å²) in [5, 5.41) is 8.54. The van der Waals surface area contributed by atoms with E-state index in [1.807, 2.05) is 0 Å². The zero-order valence-electron chi connectivity index (χ0n) is 10.2. The molecular formula is C12H13BrF3NO2. The molecule has 0 heterocycles. The van der Waals surface area contributed by atoms with Gasteiger partial charge in [0.15, 0.2) is 0 Å². The highest BCUT2D eigenvalue weighted by atomic mass is 79.9. The zero-order chi connectivity index (χ0) is 14.6. The van der Waals surface area contributed by atoms with Gasteiger partial charge < -0.3 is 10.0 Å². The SMILES string of the molecule is CN(CCC(=O)O)Cc1cc(Br)cc(C(F)(F)F)c1. The van der Waals surface area contributed by atoms with Gasteiger partial charge in [0.2, 0.25) is 0 Å². The van der Waals surface area contributed by atoms with E-state index in [0.717, 1.165) is 12.1 Å². The molecule has 0 saturated heterocycles. The van der Waals surface area contributed by atoms with Crippen molar-refractivity contribution in [1.29, 1.82) is 0 Å². The molecule has 19 heavy (non-hydrogen) atoms. The fourth-order valence-electron chi connectivity index (χ4n) is 1.58. The number of carbonyl (C=O) groups is 1. The number of aliphatic carboxylic acids is 1. The molecule has 0 spiro atoms. The van der Waals surface area contributed by atoms with Crippen molar-refractivity contribution in [1.82, 2.24) is 4.90 Å². The molecule has 0 aliphatic carbocycles. The first-order valence-corrected chi connectivity index (χ1v) is 6.25. The molecule has 0 aliphatic heterocycles. The van der Waals surface area contributed by atoms with Crippen molar-refractivity contribution in [3.8, 4) is 0 Å². The van der Waals surface area contributed by atoms with Crippen molar-refractivity contribution in [2.75, 3.05) is 13.6 Å². The molecule has 0 saturated carbocycles. The number of rotatable bonds is 5. The van der Waals surface area contributed by atoms with Crippen LogP contribution in [0.4, 0.5) is 13.2 Å². The molecule has 0 unspecified atom stereocenters. The van der Waals surface area contributed by atoms with Gasteiger partial charge in [0.05, 0.1) is 12.0 Å². The lowest BCUT2D eigenvalue weighted by atomic mass is 10.1. The molecule has 1 rings (SSSR count). The van der Waals surface area contributed by atoms with Gasteiger partial charge in [-0.2, -0.15) is 13.2 Å². The molecule has 0 atom stereocenters. The number of carboxylic acids is 1. The van der Waals surface area contributed by atoms with Gasteiger partial charge in [-0.1, -0.05) is 15.9 Å². The predicted octanol–water partition coefficient (Wildman–Crippen LogP) is 3.37. The fraction of sp³-hybridized carbons (Fsp3) is 0.417. The summed E-state index contributed by atoms with van der Waals surface area (Å²) in [6, 6.07) is 3.68. The lowest BCUT2D eigenvalue weighted by Crippen LogP contribution is -2.21. The number of halogens is 4. The van der Waals surface area contributed by atoms with Gasteiger partial charge in [-0.15, -0.1) is 0 Å². The van der Waals surface area contributed by atoms with Crippen LogP contribution < -0.4 is 0 Å². The zero-order valence-corrected chi connectivity index (χ0v) is 11.8. The second-order valence-corrected chi connectivity index (χ2v) is 5.14. The molecule has 1 aromatic rings. The maximum Gasteiger partial charge on any atom is 0.416 e. The summed E-state index contributed by atoms with van der Waals surface area (Å²) in [6.45, 7) is 0.541. The summed E-state index contributed by atoms with van der Waals surface area (Å²) in [7, 11) is 1.66. The average Bonchev–Trinajstić information content (AvgIpc) is 2.24. The van der Waals surface area contributed by atoms with E-state index in [0.29, 0.717) is 10.0 Å². The Morgan fingerprint density at radius 1 is 1.37 bits per heavy atom. The molecule has 0 aliphatic rings. The first-order chi connectivity index (χ1) is 8.68. The fourth-order valence-corrected chi connectivity index (χ4v) is 2.12. The largest absolute Gasteiger partial charge is 0.481 e. The highest BCUT2D eigenvalue weighted by Gasteiger charge is 2.31. The van der Waals surface area contributed by atoms with Crippen molar-refractivity contribution < 1.29 is 23.1 Å². The van der Waals surface area contributed by atoms with E-state index in [9.17, 15) is 18.0 Å². The minimum absolute atomic E-state index is 0.0450. The van der Waals surface area contributed by atoms with E-state index >= 15 is 0 Å². The highest BCUT2D eigenvalue weighted by molar-refractivity contribution is 9.10. The minimum atomic E-state index is -4.39. The number of hydrogen-bond donors (Lipinski definition) is 1. The maximum atomic E-state index is 12.6. The highest BCUT2D eigenvalue weighted by Crippen LogP contribution is 2.32. The van der Waals surface area contributed by atoms with Crippen molar-refractivity contribution in [2.24, 2.45) is 0 Å². The Morgan fingerprint density at radius 3 is 2.53 bits per heavy atom.